The van der Waals surface area contributed by atoms with Crippen LogP contribution in [0, 0.1) is 0 Å². The maximum absolute atomic E-state index is 5.28. The van der Waals surface area contributed by atoms with E-state index in [0.29, 0.717) is 12.2 Å². The molecule has 0 aromatic heterocycles. The highest BCUT2D eigenvalue weighted by Crippen LogP contribution is 2.36. The largest absolute Gasteiger partial charge is 0.382 e. The normalized spacial score (nSPS) is 19.5. The van der Waals surface area contributed by atoms with Crippen molar-refractivity contribution in [2.24, 2.45) is 0 Å². The molecule has 0 spiro atoms. The van der Waals surface area contributed by atoms with Crippen LogP contribution in [0.1, 0.15) is 49.9 Å². The van der Waals surface area contributed by atoms with E-state index >= 15 is 0 Å². The minimum absolute atomic E-state index is 0.0700. The number of hydrogen-bond donors (Lipinski definition) is 2. The third-order valence-corrected chi connectivity index (χ3v) is 7.41. The van der Waals surface area contributed by atoms with Crippen molar-refractivity contribution >= 4 is 11.4 Å². The third-order valence-electron chi connectivity index (χ3n) is 7.41. The van der Waals surface area contributed by atoms with Gasteiger partial charge in [0.25, 0.3) is 0 Å². The predicted octanol–water partition coefficient (Wildman–Crippen LogP) is 5.96. The van der Waals surface area contributed by atoms with Crippen LogP contribution >= 0.6 is 0 Å². The summed E-state index contributed by atoms with van der Waals surface area (Å²) in [6, 6.07) is 26.8. The molecule has 0 saturated carbocycles. The molecule has 0 bridgehead atoms. The van der Waals surface area contributed by atoms with Gasteiger partial charge in [0.2, 0.25) is 0 Å². The van der Waals surface area contributed by atoms with Crippen molar-refractivity contribution in [1.82, 2.24) is 0 Å². The number of rotatable bonds is 10. The van der Waals surface area contributed by atoms with E-state index in [9.17, 15) is 0 Å². The standard InChI is InChI=1S/C30H36N2O2/c1-29(2,23-9-13-25(14-10-23)31-17-27-19-33-27)21-5-7-22(8-6-21)30(3,4)24-11-15-26(16-12-24)32-18-28-20-34-28/h5-16,27-28,31-32H,17-20H2,1-4H3. The van der Waals surface area contributed by atoms with Crippen molar-refractivity contribution in [3.63, 3.8) is 0 Å². The molecule has 4 heteroatoms. The van der Waals surface area contributed by atoms with Crippen molar-refractivity contribution in [2.75, 3.05) is 36.9 Å². The van der Waals surface area contributed by atoms with Gasteiger partial charge in [0.05, 0.1) is 25.4 Å². The summed E-state index contributed by atoms with van der Waals surface area (Å²) in [5.74, 6) is 0. The minimum atomic E-state index is -0.0700. The van der Waals surface area contributed by atoms with Crippen molar-refractivity contribution in [3.8, 4) is 0 Å². The van der Waals surface area contributed by atoms with Crippen molar-refractivity contribution in [3.05, 3.63) is 95.1 Å². The van der Waals surface area contributed by atoms with Gasteiger partial charge in [-0.25, -0.2) is 0 Å². The second kappa shape index (κ2) is 9.09. The lowest BCUT2D eigenvalue weighted by molar-refractivity contribution is 0.416. The van der Waals surface area contributed by atoms with Gasteiger partial charge >= 0.3 is 0 Å². The second-order valence-corrected chi connectivity index (χ2v) is 10.7. The fourth-order valence-electron chi connectivity index (χ4n) is 4.48. The van der Waals surface area contributed by atoms with Gasteiger partial charge < -0.3 is 20.1 Å². The fourth-order valence-corrected chi connectivity index (χ4v) is 4.48. The molecule has 2 heterocycles. The van der Waals surface area contributed by atoms with Crippen LogP contribution in [-0.2, 0) is 20.3 Å². The average molecular weight is 457 g/mol. The minimum Gasteiger partial charge on any atom is -0.382 e. The first-order valence-electron chi connectivity index (χ1n) is 12.4. The van der Waals surface area contributed by atoms with Crippen molar-refractivity contribution in [2.45, 2.75) is 50.7 Å². The molecular weight excluding hydrogens is 420 g/mol. The highest BCUT2D eigenvalue weighted by atomic mass is 16.6. The van der Waals surface area contributed by atoms with Gasteiger partial charge in [-0.1, -0.05) is 76.2 Å². The average Bonchev–Trinajstić information content (AvgIpc) is 3.77. The quantitative estimate of drug-likeness (QED) is 0.370. The summed E-state index contributed by atoms with van der Waals surface area (Å²) in [4.78, 5) is 0. The van der Waals surface area contributed by atoms with Crippen molar-refractivity contribution < 1.29 is 9.47 Å². The smallest absolute Gasteiger partial charge is 0.0981 e. The molecule has 0 radical (unpaired) electrons. The first-order valence-corrected chi connectivity index (χ1v) is 12.4. The number of hydrogen-bond acceptors (Lipinski definition) is 4. The Bertz CT molecular complexity index is 1000. The van der Waals surface area contributed by atoms with E-state index < -0.39 is 0 Å². The molecule has 2 fully saturated rings. The summed E-state index contributed by atoms with van der Waals surface area (Å²) in [7, 11) is 0. The zero-order valence-corrected chi connectivity index (χ0v) is 20.7. The summed E-state index contributed by atoms with van der Waals surface area (Å²) in [6.07, 6.45) is 0.770. The van der Waals surface area contributed by atoms with Crippen LogP contribution in [0.2, 0.25) is 0 Å². The summed E-state index contributed by atoms with van der Waals surface area (Å²) < 4.78 is 10.6. The lowest BCUT2D eigenvalue weighted by Gasteiger charge is -2.30. The molecule has 2 atom stereocenters. The van der Waals surface area contributed by atoms with Gasteiger partial charge in [-0.15, -0.1) is 0 Å². The maximum atomic E-state index is 5.28. The van der Waals surface area contributed by atoms with Crippen LogP contribution in [0.25, 0.3) is 0 Å². The van der Waals surface area contributed by atoms with Crippen LogP contribution in [0.5, 0.6) is 0 Å². The van der Waals surface area contributed by atoms with Gasteiger partial charge in [-0.2, -0.15) is 0 Å². The highest BCUT2D eigenvalue weighted by Gasteiger charge is 2.27. The zero-order chi connectivity index (χ0) is 23.8. The van der Waals surface area contributed by atoms with Crippen LogP contribution in [0.3, 0.4) is 0 Å². The molecule has 3 aromatic carbocycles. The molecule has 0 amide bonds. The topological polar surface area (TPSA) is 49.1 Å². The molecule has 2 N–H and O–H groups in total. The summed E-state index contributed by atoms with van der Waals surface area (Å²) >= 11 is 0. The first kappa shape index (κ1) is 22.9. The van der Waals surface area contributed by atoms with Gasteiger partial charge in [0.15, 0.2) is 0 Å². The third kappa shape index (κ3) is 5.13. The fraction of sp³-hybridized carbons (Fsp3) is 0.400. The molecule has 0 aliphatic carbocycles. The van der Waals surface area contributed by atoms with E-state index in [4.69, 9.17) is 9.47 Å². The first-order chi connectivity index (χ1) is 16.3. The van der Waals surface area contributed by atoms with Crippen LogP contribution in [0.15, 0.2) is 72.8 Å². The Morgan fingerprint density at radius 1 is 0.559 bits per heavy atom. The Morgan fingerprint density at radius 3 is 1.09 bits per heavy atom. The molecule has 2 aliphatic heterocycles. The molecule has 5 rings (SSSR count). The Hall–Kier alpha value is -2.82. The number of anilines is 2. The molecule has 178 valence electrons. The van der Waals surface area contributed by atoms with E-state index in [-0.39, 0.29) is 10.8 Å². The molecule has 4 nitrogen and oxygen atoms in total. The lowest BCUT2D eigenvalue weighted by Crippen LogP contribution is -2.21. The van der Waals surface area contributed by atoms with Gasteiger partial charge in [-0.05, 0) is 46.5 Å². The summed E-state index contributed by atoms with van der Waals surface area (Å²) in [6.45, 7) is 12.7. The highest BCUT2D eigenvalue weighted by molar-refractivity contribution is 5.51. The van der Waals surface area contributed by atoms with E-state index in [2.05, 4.69) is 111 Å². The Kier molecular flexibility index (Phi) is 6.13. The van der Waals surface area contributed by atoms with Crippen LogP contribution < -0.4 is 10.6 Å². The number of nitrogens with one attached hydrogen (secondary N) is 2. The van der Waals surface area contributed by atoms with E-state index in [1.807, 2.05) is 0 Å². The van der Waals surface area contributed by atoms with Crippen molar-refractivity contribution in [1.29, 1.82) is 0 Å². The monoisotopic (exact) mass is 456 g/mol. The van der Waals surface area contributed by atoms with Gasteiger partial charge in [0.1, 0.15) is 0 Å². The van der Waals surface area contributed by atoms with E-state index in [1.54, 1.807) is 0 Å². The predicted molar refractivity (Wildman–Crippen MR) is 140 cm³/mol. The number of benzene rings is 3. The summed E-state index contributed by atoms with van der Waals surface area (Å²) in [5, 5.41) is 6.90. The summed E-state index contributed by atoms with van der Waals surface area (Å²) in [5.41, 5.74) is 7.42. The Morgan fingerprint density at radius 2 is 0.824 bits per heavy atom. The Balaban J connectivity index is 1.27. The van der Waals surface area contributed by atoms with Gasteiger partial charge in [0, 0.05) is 35.3 Å². The van der Waals surface area contributed by atoms with Crippen LogP contribution in [-0.4, -0.2) is 38.5 Å². The van der Waals surface area contributed by atoms with E-state index in [1.165, 1.54) is 22.3 Å². The SMILES string of the molecule is CC(C)(c1ccc(NCC2CO2)cc1)c1ccc(C(C)(C)c2ccc(NCC3CO3)cc2)cc1. The second-order valence-electron chi connectivity index (χ2n) is 10.7. The van der Waals surface area contributed by atoms with Gasteiger partial charge in [-0.3, -0.25) is 0 Å². The molecule has 2 aliphatic rings. The van der Waals surface area contributed by atoms with Crippen LogP contribution in [0.4, 0.5) is 11.4 Å². The molecule has 3 aromatic rings. The molecular formula is C30H36N2O2. The van der Waals surface area contributed by atoms with E-state index in [0.717, 1.165) is 37.7 Å². The number of epoxide rings is 2. The zero-order valence-electron chi connectivity index (χ0n) is 20.7. The lowest BCUT2D eigenvalue weighted by atomic mass is 9.74. The molecule has 2 saturated heterocycles. The maximum Gasteiger partial charge on any atom is 0.0981 e. The molecule has 34 heavy (non-hydrogen) atoms. The number of ether oxygens (including phenoxy) is 2. The Labute approximate surface area is 203 Å². The molecule has 2 unspecified atom stereocenters.